The zero-order chi connectivity index (χ0) is 12.0. The standard InChI is InChI=1S/C10H16N4O2S/c1-7-10(4-12-13-7)17(15,16)14-5-8-2-3-11-9(8)6-14/h4,8-9,11H,2-3,5-6H2,1H3,(H,12,13)/t8-,9+/m0/s1. The minimum absolute atomic E-state index is 0.303. The van der Waals surface area contributed by atoms with Gasteiger partial charge in [0.2, 0.25) is 10.0 Å². The number of aryl methyl sites for hydroxylation is 1. The highest BCUT2D eigenvalue weighted by Crippen LogP contribution is 2.29. The van der Waals surface area contributed by atoms with E-state index in [1.807, 2.05) is 0 Å². The largest absolute Gasteiger partial charge is 0.312 e. The average molecular weight is 256 g/mol. The molecule has 2 fully saturated rings. The van der Waals surface area contributed by atoms with Crippen LogP contribution in [0.4, 0.5) is 0 Å². The summed E-state index contributed by atoms with van der Waals surface area (Å²) < 4.78 is 26.3. The number of hydrogen-bond acceptors (Lipinski definition) is 4. The van der Waals surface area contributed by atoms with Crippen molar-refractivity contribution in [2.45, 2.75) is 24.3 Å². The van der Waals surface area contributed by atoms with Crippen molar-refractivity contribution in [3.63, 3.8) is 0 Å². The first-order chi connectivity index (χ1) is 8.09. The summed E-state index contributed by atoms with van der Waals surface area (Å²) in [6.07, 6.45) is 2.47. The van der Waals surface area contributed by atoms with Gasteiger partial charge in [0.05, 0.1) is 11.9 Å². The fourth-order valence-electron chi connectivity index (χ4n) is 2.74. The van der Waals surface area contributed by atoms with Crippen LogP contribution in [0.3, 0.4) is 0 Å². The van der Waals surface area contributed by atoms with Crippen molar-refractivity contribution < 1.29 is 8.42 Å². The monoisotopic (exact) mass is 256 g/mol. The second-order valence-electron chi connectivity index (χ2n) is 4.79. The lowest BCUT2D eigenvalue weighted by molar-refractivity contribution is 0.448. The third kappa shape index (κ3) is 1.69. The van der Waals surface area contributed by atoms with Crippen molar-refractivity contribution >= 4 is 10.0 Å². The molecule has 2 aliphatic heterocycles. The highest BCUT2D eigenvalue weighted by molar-refractivity contribution is 7.89. The number of fused-ring (bicyclic) bond motifs is 1. The lowest BCUT2D eigenvalue weighted by Crippen LogP contribution is -2.34. The normalized spacial score (nSPS) is 29.7. The lowest BCUT2D eigenvalue weighted by Gasteiger charge is -2.16. The van der Waals surface area contributed by atoms with Gasteiger partial charge in [0, 0.05) is 19.1 Å². The Kier molecular flexibility index (Phi) is 2.49. The Morgan fingerprint density at radius 2 is 2.29 bits per heavy atom. The van der Waals surface area contributed by atoms with Crippen molar-refractivity contribution in [1.29, 1.82) is 0 Å². The molecular weight excluding hydrogens is 240 g/mol. The van der Waals surface area contributed by atoms with Crippen molar-refractivity contribution in [1.82, 2.24) is 19.8 Å². The van der Waals surface area contributed by atoms with Gasteiger partial charge in [-0.15, -0.1) is 0 Å². The van der Waals surface area contributed by atoms with Crippen LogP contribution < -0.4 is 5.32 Å². The van der Waals surface area contributed by atoms with Gasteiger partial charge < -0.3 is 5.32 Å². The topological polar surface area (TPSA) is 78.1 Å². The highest BCUT2D eigenvalue weighted by Gasteiger charge is 2.42. The minimum atomic E-state index is -3.37. The van der Waals surface area contributed by atoms with E-state index in [0.717, 1.165) is 13.0 Å². The van der Waals surface area contributed by atoms with Crippen molar-refractivity contribution in [2.75, 3.05) is 19.6 Å². The van der Waals surface area contributed by atoms with Crippen LogP contribution in [-0.2, 0) is 10.0 Å². The van der Waals surface area contributed by atoms with Crippen LogP contribution in [0.1, 0.15) is 12.1 Å². The van der Waals surface area contributed by atoms with Crippen LogP contribution in [0, 0.1) is 12.8 Å². The molecule has 0 spiro atoms. The maximum atomic E-state index is 12.4. The van der Waals surface area contributed by atoms with Crippen molar-refractivity contribution in [2.24, 2.45) is 5.92 Å². The van der Waals surface area contributed by atoms with Gasteiger partial charge >= 0.3 is 0 Å². The zero-order valence-corrected chi connectivity index (χ0v) is 10.5. The molecule has 1 aromatic rings. The van der Waals surface area contributed by atoms with E-state index in [9.17, 15) is 8.42 Å². The average Bonchev–Trinajstić information content (AvgIpc) is 2.89. The molecule has 2 aliphatic rings. The fraction of sp³-hybridized carbons (Fsp3) is 0.700. The highest BCUT2D eigenvalue weighted by atomic mass is 32.2. The Bertz CT molecular complexity index is 512. The molecule has 2 saturated heterocycles. The van der Waals surface area contributed by atoms with E-state index >= 15 is 0 Å². The molecule has 94 valence electrons. The van der Waals surface area contributed by atoms with Crippen LogP contribution in [0.2, 0.25) is 0 Å². The molecule has 3 heterocycles. The molecule has 0 saturated carbocycles. The van der Waals surface area contributed by atoms with Crippen molar-refractivity contribution in [3.05, 3.63) is 11.9 Å². The molecule has 0 unspecified atom stereocenters. The lowest BCUT2D eigenvalue weighted by atomic mass is 10.1. The maximum absolute atomic E-state index is 12.4. The zero-order valence-electron chi connectivity index (χ0n) is 9.68. The van der Waals surface area contributed by atoms with Crippen LogP contribution in [0.25, 0.3) is 0 Å². The van der Waals surface area contributed by atoms with Gasteiger partial charge in [-0.05, 0) is 25.8 Å². The van der Waals surface area contributed by atoms with Gasteiger partial charge in [0.15, 0.2) is 0 Å². The van der Waals surface area contributed by atoms with Crippen LogP contribution >= 0.6 is 0 Å². The second kappa shape index (κ2) is 3.79. The third-order valence-electron chi connectivity index (χ3n) is 3.73. The summed E-state index contributed by atoms with van der Waals surface area (Å²) in [6.45, 7) is 3.95. The molecule has 3 rings (SSSR count). The van der Waals surface area contributed by atoms with Crippen molar-refractivity contribution in [3.8, 4) is 0 Å². The molecule has 0 bridgehead atoms. The number of nitrogens with zero attached hydrogens (tertiary/aromatic N) is 2. The number of rotatable bonds is 2. The first-order valence-corrected chi connectivity index (χ1v) is 7.26. The first kappa shape index (κ1) is 11.2. The number of nitrogens with one attached hydrogen (secondary N) is 2. The Labute approximate surface area is 100 Å². The summed E-state index contributed by atoms with van der Waals surface area (Å²) in [5, 5.41) is 9.81. The van der Waals surface area contributed by atoms with Gasteiger partial charge in [0.25, 0.3) is 0 Å². The van der Waals surface area contributed by atoms with Gasteiger partial charge in [-0.3, -0.25) is 5.10 Å². The number of H-pyrrole nitrogens is 1. The molecule has 0 radical (unpaired) electrons. The molecule has 6 nitrogen and oxygen atoms in total. The molecule has 0 aliphatic carbocycles. The van der Waals surface area contributed by atoms with Gasteiger partial charge in [-0.25, -0.2) is 8.42 Å². The fourth-order valence-corrected chi connectivity index (χ4v) is 4.39. The first-order valence-electron chi connectivity index (χ1n) is 5.82. The molecule has 2 N–H and O–H groups in total. The summed E-state index contributed by atoms with van der Waals surface area (Å²) in [6, 6.07) is 0.331. The quantitative estimate of drug-likeness (QED) is 0.761. The van der Waals surface area contributed by atoms with E-state index in [1.54, 1.807) is 11.2 Å². The Balaban J connectivity index is 1.88. The predicted molar refractivity (Wildman–Crippen MR) is 62.0 cm³/mol. The summed E-state index contributed by atoms with van der Waals surface area (Å²) in [7, 11) is -3.37. The van der Waals surface area contributed by atoms with Gasteiger partial charge in [-0.1, -0.05) is 0 Å². The number of sulfonamides is 1. The van der Waals surface area contributed by atoms with Gasteiger partial charge in [-0.2, -0.15) is 9.40 Å². The van der Waals surface area contributed by atoms with E-state index in [0.29, 0.717) is 35.6 Å². The Hall–Kier alpha value is -0.920. The Morgan fingerprint density at radius 3 is 2.94 bits per heavy atom. The smallest absolute Gasteiger partial charge is 0.246 e. The van der Waals surface area contributed by atoms with E-state index in [4.69, 9.17) is 0 Å². The molecule has 1 aromatic heterocycles. The van der Waals surface area contributed by atoms with E-state index in [1.165, 1.54) is 6.20 Å². The van der Waals surface area contributed by atoms with E-state index in [-0.39, 0.29) is 0 Å². The predicted octanol–water partition coefficient (Wildman–Crippen LogP) is -0.299. The number of aromatic amines is 1. The molecule has 0 aromatic carbocycles. The number of hydrogen-bond donors (Lipinski definition) is 2. The summed E-state index contributed by atoms with van der Waals surface area (Å²) >= 11 is 0. The van der Waals surface area contributed by atoms with E-state index < -0.39 is 10.0 Å². The van der Waals surface area contributed by atoms with Crippen LogP contribution in [-0.4, -0.2) is 48.6 Å². The third-order valence-corrected chi connectivity index (χ3v) is 5.68. The molecule has 17 heavy (non-hydrogen) atoms. The van der Waals surface area contributed by atoms with Crippen LogP contribution in [0.5, 0.6) is 0 Å². The molecule has 0 amide bonds. The molecule has 2 atom stereocenters. The summed E-state index contributed by atoms with van der Waals surface area (Å²) in [5.74, 6) is 0.469. The second-order valence-corrected chi connectivity index (χ2v) is 6.70. The maximum Gasteiger partial charge on any atom is 0.246 e. The Morgan fingerprint density at radius 1 is 1.47 bits per heavy atom. The summed E-state index contributed by atoms with van der Waals surface area (Å²) in [4.78, 5) is 0.303. The SMILES string of the molecule is Cc1[nH]ncc1S(=O)(=O)N1C[C@@H]2CCN[C@@H]2C1. The number of aromatic nitrogens is 2. The van der Waals surface area contributed by atoms with Gasteiger partial charge in [0.1, 0.15) is 4.90 Å². The molecular formula is C10H16N4O2S. The van der Waals surface area contributed by atoms with E-state index in [2.05, 4.69) is 15.5 Å². The summed E-state index contributed by atoms with van der Waals surface area (Å²) in [5.41, 5.74) is 0.606. The minimum Gasteiger partial charge on any atom is -0.312 e. The van der Waals surface area contributed by atoms with Crippen LogP contribution in [0.15, 0.2) is 11.1 Å². The molecule has 7 heteroatoms.